The second-order valence-electron chi connectivity index (χ2n) is 5.24. The minimum absolute atomic E-state index is 0.110. The molecule has 0 amide bonds. The molecule has 3 N–H and O–H groups in total. The number of nitriles is 1. The van der Waals surface area contributed by atoms with Gasteiger partial charge in [-0.05, 0) is 19.1 Å². The molecule has 6 heteroatoms. The number of nitrogens with two attached hydrogens (primary N) is 1. The molecule has 0 saturated carbocycles. The minimum Gasteiger partial charge on any atom is -0.420 e. The van der Waals surface area contributed by atoms with Gasteiger partial charge in [-0.1, -0.05) is 24.6 Å². The summed E-state index contributed by atoms with van der Waals surface area (Å²) in [5, 5.41) is 16.4. The van der Waals surface area contributed by atoms with Crippen LogP contribution in [0.25, 0.3) is 0 Å². The molecular formula is C16H16N4OS. The van der Waals surface area contributed by atoms with E-state index >= 15 is 0 Å². The number of fused-ring (bicyclic) bond motifs is 1. The van der Waals surface area contributed by atoms with E-state index in [1.807, 2.05) is 6.92 Å². The molecule has 0 radical (unpaired) electrons. The van der Waals surface area contributed by atoms with Gasteiger partial charge in [0.25, 0.3) is 0 Å². The number of nitrogens with one attached hydrogen (secondary N) is 1. The van der Waals surface area contributed by atoms with Crippen LogP contribution in [0, 0.1) is 18.3 Å². The van der Waals surface area contributed by atoms with Crippen LogP contribution in [0.15, 0.2) is 40.6 Å². The van der Waals surface area contributed by atoms with Crippen LogP contribution in [-0.2, 0) is 5.75 Å². The SMILES string of the molecule is Cc1ccc(SCc2[nH]nc3c2[C@@H](C)C(C#N)=C(N)O3)cc1. The normalized spacial score (nSPS) is 16.9. The summed E-state index contributed by atoms with van der Waals surface area (Å²) in [7, 11) is 0. The fourth-order valence-electron chi connectivity index (χ4n) is 2.46. The van der Waals surface area contributed by atoms with Gasteiger partial charge < -0.3 is 10.5 Å². The van der Waals surface area contributed by atoms with Gasteiger partial charge in [0.05, 0.1) is 11.3 Å². The summed E-state index contributed by atoms with van der Waals surface area (Å²) in [6.07, 6.45) is 0. The average molecular weight is 312 g/mol. The van der Waals surface area contributed by atoms with E-state index in [0.717, 1.165) is 17.0 Å². The molecule has 1 aromatic heterocycles. The van der Waals surface area contributed by atoms with Gasteiger partial charge in [-0.3, -0.25) is 5.10 Å². The Morgan fingerprint density at radius 2 is 2.14 bits per heavy atom. The number of H-pyrrole nitrogens is 1. The van der Waals surface area contributed by atoms with Gasteiger partial charge in [0.1, 0.15) is 6.07 Å². The number of nitrogens with zero attached hydrogens (tertiary/aromatic N) is 2. The monoisotopic (exact) mass is 312 g/mol. The first-order valence-corrected chi connectivity index (χ1v) is 7.93. The maximum Gasteiger partial charge on any atom is 0.243 e. The lowest BCUT2D eigenvalue weighted by molar-refractivity contribution is 0.376. The van der Waals surface area contributed by atoms with E-state index < -0.39 is 0 Å². The lowest BCUT2D eigenvalue weighted by atomic mass is 9.92. The number of allylic oxidation sites excluding steroid dienone is 1. The van der Waals surface area contributed by atoms with Crippen LogP contribution in [0.5, 0.6) is 5.88 Å². The standard InChI is InChI=1S/C16H16N4OS/c1-9-3-5-11(6-4-9)22-8-13-14-10(2)12(7-17)15(18)21-16(14)20-19-13/h3-6,10H,8,18H2,1-2H3,(H,19,20)/t10-/m0/s1. The van der Waals surface area contributed by atoms with Gasteiger partial charge in [-0.25, -0.2) is 0 Å². The Hall–Kier alpha value is -2.39. The van der Waals surface area contributed by atoms with Crippen LogP contribution < -0.4 is 10.5 Å². The molecule has 1 atom stereocenters. The van der Waals surface area contributed by atoms with E-state index in [0.29, 0.717) is 11.5 Å². The molecule has 0 aliphatic carbocycles. The van der Waals surface area contributed by atoms with Gasteiger partial charge in [-0.15, -0.1) is 16.9 Å². The van der Waals surface area contributed by atoms with Crippen molar-refractivity contribution >= 4 is 11.8 Å². The average Bonchev–Trinajstić information content (AvgIpc) is 2.90. The Bertz CT molecular complexity index is 770. The number of benzene rings is 1. The Balaban J connectivity index is 1.81. The molecule has 0 saturated heterocycles. The number of hydrogen-bond acceptors (Lipinski definition) is 5. The highest BCUT2D eigenvalue weighted by molar-refractivity contribution is 7.98. The first-order chi connectivity index (χ1) is 10.6. The van der Waals surface area contributed by atoms with Gasteiger partial charge in [0.15, 0.2) is 0 Å². The fourth-order valence-corrected chi connectivity index (χ4v) is 3.32. The third-order valence-corrected chi connectivity index (χ3v) is 4.75. The highest BCUT2D eigenvalue weighted by Crippen LogP contribution is 2.39. The van der Waals surface area contributed by atoms with Crippen LogP contribution in [-0.4, -0.2) is 10.2 Å². The maximum absolute atomic E-state index is 9.22. The number of aryl methyl sites for hydroxylation is 1. The first-order valence-electron chi connectivity index (χ1n) is 6.94. The van der Waals surface area contributed by atoms with Crippen molar-refractivity contribution in [1.82, 2.24) is 10.2 Å². The van der Waals surface area contributed by atoms with Crippen LogP contribution >= 0.6 is 11.8 Å². The first kappa shape index (κ1) is 14.5. The third kappa shape index (κ3) is 2.55. The molecule has 1 aliphatic rings. The predicted octanol–water partition coefficient (Wildman–Crippen LogP) is 3.20. The fraction of sp³-hybridized carbons (Fsp3) is 0.250. The zero-order valence-electron chi connectivity index (χ0n) is 12.4. The number of rotatable bonds is 3. The second-order valence-corrected chi connectivity index (χ2v) is 6.28. The molecule has 0 unspecified atom stereocenters. The van der Waals surface area contributed by atoms with E-state index in [2.05, 4.69) is 47.5 Å². The summed E-state index contributed by atoms with van der Waals surface area (Å²) in [5.74, 6) is 1.24. The molecule has 0 bridgehead atoms. The summed E-state index contributed by atoms with van der Waals surface area (Å²) >= 11 is 1.71. The number of aromatic nitrogens is 2. The van der Waals surface area contributed by atoms with Gasteiger partial charge >= 0.3 is 0 Å². The van der Waals surface area contributed by atoms with Crippen molar-refractivity contribution in [3.05, 3.63) is 52.5 Å². The van der Waals surface area contributed by atoms with E-state index in [1.165, 1.54) is 10.5 Å². The van der Waals surface area contributed by atoms with Gasteiger partial charge in [-0.2, -0.15) is 5.26 Å². The summed E-state index contributed by atoms with van der Waals surface area (Å²) in [6, 6.07) is 10.5. The number of hydrogen-bond donors (Lipinski definition) is 2. The molecule has 2 aromatic rings. The van der Waals surface area contributed by atoms with Crippen molar-refractivity contribution in [3.63, 3.8) is 0 Å². The molecule has 3 rings (SSSR count). The maximum atomic E-state index is 9.22. The van der Waals surface area contributed by atoms with Gasteiger partial charge in [0, 0.05) is 22.1 Å². The van der Waals surface area contributed by atoms with Crippen molar-refractivity contribution in [2.45, 2.75) is 30.4 Å². The zero-order chi connectivity index (χ0) is 15.7. The molecule has 1 aromatic carbocycles. The Labute approximate surface area is 133 Å². The molecule has 2 heterocycles. The summed E-state index contributed by atoms with van der Waals surface area (Å²) in [4.78, 5) is 1.19. The molecule has 0 spiro atoms. The van der Waals surface area contributed by atoms with Crippen LogP contribution in [0.1, 0.15) is 29.7 Å². The van der Waals surface area contributed by atoms with E-state index in [1.54, 1.807) is 11.8 Å². The Kier molecular flexibility index (Phi) is 3.82. The zero-order valence-corrected chi connectivity index (χ0v) is 13.2. The Morgan fingerprint density at radius 3 is 2.82 bits per heavy atom. The second kappa shape index (κ2) is 5.78. The van der Waals surface area contributed by atoms with E-state index in [-0.39, 0.29) is 11.8 Å². The molecule has 112 valence electrons. The van der Waals surface area contributed by atoms with Crippen LogP contribution in [0.4, 0.5) is 0 Å². The van der Waals surface area contributed by atoms with Crippen LogP contribution in [0.3, 0.4) is 0 Å². The topological polar surface area (TPSA) is 87.7 Å². The predicted molar refractivity (Wildman–Crippen MR) is 85.2 cm³/mol. The van der Waals surface area contributed by atoms with E-state index in [4.69, 9.17) is 10.5 Å². The summed E-state index contributed by atoms with van der Waals surface area (Å²) in [5.41, 5.74) is 9.34. The number of thioether (sulfide) groups is 1. The number of aromatic amines is 1. The lowest BCUT2D eigenvalue weighted by Crippen LogP contribution is -2.18. The molecule has 5 nitrogen and oxygen atoms in total. The lowest BCUT2D eigenvalue weighted by Gasteiger charge is -2.20. The van der Waals surface area contributed by atoms with E-state index in [9.17, 15) is 5.26 Å². The summed E-state index contributed by atoms with van der Waals surface area (Å²) < 4.78 is 5.44. The Morgan fingerprint density at radius 1 is 1.41 bits per heavy atom. The third-order valence-electron chi connectivity index (χ3n) is 3.71. The number of ether oxygens (including phenoxy) is 1. The van der Waals surface area contributed by atoms with Gasteiger partial charge in [0.2, 0.25) is 11.8 Å². The molecule has 1 aliphatic heterocycles. The van der Waals surface area contributed by atoms with Crippen LogP contribution in [0.2, 0.25) is 0 Å². The van der Waals surface area contributed by atoms with Crippen molar-refractivity contribution in [3.8, 4) is 11.9 Å². The van der Waals surface area contributed by atoms with Crippen molar-refractivity contribution in [2.24, 2.45) is 5.73 Å². The summed E-state index contributed by atoms with van der Waals surface area (Å²) in [6.45, 7) is 4.02. The van der Waals surface area contributed by atoms with Crippen molar-refractivity contribution in [1.29, 1.82) is 5.26 Å². The quantitative estimate of drug-likeness (QED) is 0.850. The van der Waals surface area contributed by atoms with Crippen molar-refractivity contribution in [2.75, 3.05) is 0 Å². The minimum atomic E-state index is -0.110. The molecule has 0 fully saturated rings. The highest BCUT2D eigenvalue weighted by atomic mass is 32.2. The highest BCUT2D eigenvalue weighted by Gasteiger charge is 2.30. The molecular weight excluding hydrogens is 296 g/mol. The largest absolute Gasteiger partial charge is 0.420 e. The molecule has 22 heavy (non-hydrogen) atoms. The van der Waals surface area contributed by atoms with Crippen molar-refractivity contribution < 1.29 is 4.74 Å². The smallest absolute Gasteiger partial charge is 0.243 e.